The normalized spacial score (nSPS) is 11.7. The molecule has 7 nitrogen and oxygen atoms in total. The number of benzene rings is 1. The molecule has 7 heteroatoms. The molecule has 20 heavy (non-hydrogen) atoms. The number of para-hydroxylation sites is 2. The standard InChI is InChI=1S/C13H16N2O5/c1-2-9(13(17)18)7-8-12(16)14-10-5-3-4-6-11(10)15(19)20/h3-6,9H,2,7-8H2,1H3,(H,14,16)(H,17,18)/t9-/m1/s1. The number of carbonyl (C=O) groups excluding carboxylic acids is 1. The molecule has 0 aliphatic carbocycles. The molecule has 108 valence electrons. The fraction of sp³-hybridized carbons (Fsp3) is 0.385. The number of rotatable bonds is 7. The van der Waals surface area contributed by atoms with Crippen LogP contribution in [0.15, 0.2) is 24.3 Å². The molecule has 0 aromatic heterocycles. The van der Waals surface area contributed by atoms with Gasteiger partial charge in [0.1, 0.15) is 5.69 Å². The van der Waals surface area contributed by atoms with Gasteiger partial charge in [0.05, 0.1) is 10.8 Å². The third-order valence-electron chi connectivity index (χ3n) is 2.94. The van der Waals surface area contributed by atoms with Crippen molar-refractivity contribution < 1.29 is 19.6 Å². The summed E-state index contributed by atoms with van der Waals surface area (Å²) in [5.74, 6) is -1.95. The maximum atomic E-state index is 11.7. The van der Waals surface area contributed by atoms with Crippen LogP contribution in [0.25, 0.3) is 0 Å². The Hall–Kier alpha value is -2.44. The number of nitrogens with zero attached hydrogens (tertiary/aromatic N) is 1. The Bertz CT molecular complexity index is 515. The monoisotopic (exact) mass is 280 g/mol. The fourth-order valence-corrected chi connectivity index (χ4v) is 1.76. The number of hydrogen-bond donors (Lipinski definition) is 2. The predicted molar refractivity (Wildman–Crippen MR) is 72.4 cm³/mol. The molecule has 1 aromatic carbocycles. The topological polar surface area (TPSA) is 110 Å². The van der Waals surface area contributed by atoms with Crippen molar-refractivity contribution in [3.8, 4) is 0 Å². The van der Waals surface area contributed by atoms with E-state index in [-0.39, 0.29) is 24.2 Å². The highest BCUT2D eigenvalue weighted by Crippen LogP contribution is 2.23. The minimum Gasteiger partial charge on any atom is -0.481 e. The first-order valence-corrected chi connectivity index (χ1v) is 6.21. The molecular weight excluding hydrogens is 264 g/mol. The van der Waals surface area contributed by atoms with Crippen molar-refractivity contribution in [2.24, 2.45) is 5.92 Å². The van der Waals surface area contributed by atoms with Gasteiger partial charge in [0.2, 0.25) is 5.91 Å². The molecule has 1 amide bonds. The van der Waals surface area contributed by atoms with Gasteiger partial charge in [-0.3, -0.25) is 19.7 Å². The van der Waals surface area contributed by atoms with Crippen molar-refractivity contribution in [2.75, 3.05) is 5.32 Å². The van der Waals surface area contributed by atoms with Crippen LogP contribution in [0.1, 0.15) is 26.2 Å². The Labute approximate surface area is 115 Å². The molecule has 0 radical (unpaired) electrons. The van der Waals surface area contributed by atoms with E-state index in [0.717, 1.165) is 0 Å². The van der Waals surface area contributed by atoms with Gasteiger partial charge < -0.3 is 10.4 Å². The van der Waals surface area contributed by atoms with Crippen LogP contribution in [0.2, 0.25) is 0 Å². The highest BCUT2D eigenvalue weighted by Gasteiger charge is 2.18. The summed E-state index contributed by atoms with van der Waals surface area (Å²) in [6.07, 6.45) is 0.656. The summed E-state index contributed by atoms with van der Waals surface area (Å²) < 4.78 is 0. The zero-order valence-corrected chi connectivity index (χ0v) is 11.0. The lowest BCUT2D eigenvalue weighted by molar-refractivity contribution is -0.383. The first-order chi connectivity index (χ1) is 9.45. The first-order valence-electron chi connectivity index (χ1n) is 6.21. The van der Waals surface area contributed by atoms with Crippen molar-refractivity contribution in [3.05, 3.63) is 34.4 Å². The van der Waals surface area contributed by atoms with E-state index in [4.69, 9.17) is 5.11 Å². The van der Waals surface area contributed by atoms with Crippen molar-refractivity contribution in [3.63, 3.8) is 0 Å². The van der Waals surface area contributed by atoms with Crippen LogP contribution in [-0.4, -0.2) is 21.9 Å². The van der Waals surface area contributed by atoms with Gasteiger partial charge in [-0.2, -0.15) is 0 Å². The molecule has 0 aliphatic heterocycles. The molecule has 1 rings (SSSR count). The summed E-state index contributed by atoms with van der Waals surface area (Å²) in [6, 6.07) is 5.81. The summed E-state index contributed by atoms with van der Waals surface area (Å²) in [6.45, 7) is 1.73. The molecule has 1 atom stereocenters. The van der Waals surface area contributed by atoms with E-state index >= 15 is 0 Å². The molecule has 0 saturated heterocycles. The lowest BCUT2D eigenvalue weighted by atomic mass is 10.0. The van der Waals surface area contributed by atoms with Crippen LogP contribution in [0.3, 0.4) is 0 Å². The van der Waals surface area contributed by atoms with Crippen LogP contribution < -0.4 is 5.32 Å². The maximum absolute atomic E-state index is 11.7. The largest absolute Gasteiger partial charge is 0.481 e. The Morgan fingerprint density at radius 2 is 2.05 bits per heavy atom. The second-order valence-electron chi connectivity index (χ2n) is 4.30. The second kappa shape index (κ2) is 7.22. The molecule has 0 spiro atoms. The van der Waals surface area contributed by atoms with Gasteiger partial charge in [-0.25, -0.2) is 0 Å². The number of aliphatic carboxylic acids is 1. The third kappa shape index (κ3) is 4.34. The van der Waals surface area contributed by atoms with E-state index in [1.807, 2.05) is 0 Å². The molecule has 0 saturated carbocycles. The van der Waals surface area contributed by atoms with Gasteiger partial charge in [0, 0.05) is 12.5 Å². The van der Waals surface area contributed by atoms with Gasteiger partial charge in [0.25, 0.3) is 5.69 Å². The molecule has 0 bridgehead atoms. The van der Waals surface area contributed by atoms with E-state index in [9.17, 15) is 19.7 Å². The number of nitrogens with one attached hydrogen (secondary N) is 1. The Morgan fingerprint density at radius 1 is 1.40 bits per heavy atom. The number of carboxylic acid groups (broad SMARTS) is 1. The van der Waals surface area contributed by atoms with Crippen molar-refractivity contribution in [1.29, 1.82) is 0 Å². The molecule has 0 unspecified atom stereocenters. The van der Waals surface area contributed by atoms with E-state index in [0.29, 0.717) is 6.42 Å². The van der Waals surface area contributed by atoms with Gasteiger partial charge in [-0.1, -0.05) is 19.1 Å². The lowest BCUT2D eigenvalue weighted by Gasteiger charge is -2.09. The lowest BCUT2D eigenvalue weighted by Crippen LogP contribution is -2.18. The van der Waals surface area contributed by atoms with Gasteiger partial charge >= 0.3 is 5.97 Å². The Balaban J connectivity index is 2.63. The van der Waals surface area contributed by atoms with E-state index in [1.165, 1.54) is 18.2 Å². The van der Waals surface area contributed by atoms with E-state index in [1.54, 1.807) is 13.0 Å². The van der Waals surface area contributed by atoms with Crippen molar-refractivity contribution in [2.45, 2.75) is 26.2 Å². The summed E-state index contributed by atoms with van der Waals surface area (Å²) >= 11 is 0. The van der Waals surface area contributed by atoms with Crippen LogP contribution in [0.4, 0.5) is 11.4 Å². The molecular formula is C13H16N2O5. The Kier molecular flexibility index (Phi) is 5.64. The highest BCUT2D eigenvalue weighted by molar-refractivity contribution is 5.93. The molecule has 1 aromatic rings. The molecule has 0 fully saturated rings. The first kappa shape index (κ1) is 15.6. The number of carboxylic acids is 1. The quantitative estimate of drug-likeness (QED) is 0.588. The predicted octanol–water partition coefficient (Wildman–Crippen LogP) is 2.42. The van der Waals surface area contributed by atoms with Crippen LogP contribution in [-0.2, 0) is 9.59 Å². The average molecular weight is 280 g/mol. The minimum absolute atomic E-state index is 0.0108. The number of anilines is 1. The summed E-state index contributed by atoms with van der Waals surface area (Å²) in [7, 11) is 0. The molecule has 0 aliphatic rings. The number of amides is 1. The van der Waals surface area contributed by atoms with Crippen molar-refractivity contribution >= 4 is 23.3 Å². The zero-order valence-electron chi connectivity index (χ0n) is 11.0. The summed E-state index contributed by atoms with van der Waals surface area (Å²) in [5.41, 5.74) is -0.0722. The van der Waals surface area contributed by atoms with E-state index < -0.39 is 22.7 Å². The van der Waals surface area contributed by atoms with Crippen molar-refractivity contribution in [1.82, 2.24) is 0 Å². The Morgan fingerprint density at radius 3 is 2.60 bits per heavy atom. The van der Waals surface area contributed by atoms with Crippen LogP contribution in [0.5, 0.6) is 0 Å². The smallest absolute Gasteiger partial charge is 0.306 e. The number of carbonyl (C=O) groups is 2. The SMILES string of the molecule is CC[C@H](CCC(=O)Nc1ccccc1[N+](=O)[O-])C(=O)O. The van der Waals surface area contributed by atoms with E-state index in [2.05, 4.69) is 5.32 Å². The van der Waals surface area contributed by atoms with Crippen LogP contribution >= 0.6 is 0 Å². The number of nitro groups is 1. The summed E-state index contributed by atoms with van der Waals surface area (Å²) in [5, 5.41) is 22.1. The minimum atomic E-state index is -0.939. The van der Waals surface area contributed by atoms with Gasteiger partial charge in [0.15, 0.2) is 0 Å². The number of hydrogen-bond acceptors (Lipinski definition) is 4. The van der Waals surface area contributed by atoms with Crippen LogP contribution in [0, 0.1) is 16.0 Å². The summed E-state index contributed by atoms with van der Waals surface area (Å²) in [4.78, 5) is 32.7. The maximum Gasteiger partial charge on any atom is 0.306 e. The molecule has 2 N–H and O–H groups in total. The zero-order chi connectivity index (χ0) is 15.1. The second-order valence-corrected chi connectivity index (χ2v) is 4.30. The van der Waals surface area contributed by atoms with Gasteiger partial charge in [-0.15, -0.1) is 0 Å². The average Bonchev–Trinajstić information content (AvgIpc) is 2.39. The third-order valence-corrected chi connectivity index (χ3v) is 2.94. The molecule has 0 heterocycles. The number of nitro benzene ring substituents is 1. The highest BCUT2D eigenvalue weighted by atomic mass is 16.6. The van der Waals surface area contributed by atoms with Gasteiger partial charge in [-0.05, 0) is 18.9 Å². The fourth-order valence-electron chi connectivity index (χ4n) is 1.76.